The highest BCUT2D eigenvalue weighted by Crippen LogP contribution is 2.13. The van der Waals surface area contributed by atoms with Crippen molar-refractivity contribution in [2.45, 2.75) is 52.4 Å². The van der Waals surface area contributed by atoms with Crippen molar-refractivity contribution in [2.75, 3.05) is 5.73 Å². The Balaban J connectivity index is 2.33. The van der Waals surface area contributed by atoms with Gasteiger partial charge in [-0.3, -0.25) is 0 Å². The standard InChI is InChI=1S/C12H21N3/c1-3-4-5-6-7-8-11-9-10(2)14-15-12(11)13/h9H,3-8H2,1-2H3,(H2,13,15). The van der Waals surface area contributed by atoms with Crippen LogP contribution in [-0.4, -0.2) is 10.2 Å². The van der Waals surface area contributed by atoms with Crippen molar-refractivity contribution in [3.05, 3.63) is 17.3 Å². The first-order valence-electron chi connectivity index (χ1n) is 5.82. The second-order valence-corrected chi connectivity index (χ2v) is 4.06. The molecule has 1 rings (SSSR count). The van der Waals surface area contributed by atoms with E-state index in [1.807, 2.05) is 13.0 Å². The van der Waals surface area contributed by atoms with Gasteiger partial charge in [0, 0.05) is 0 Å². The van der Waals surface area contributed by atoms with Crippen LogP contribution in [0.25, 0.3) is 0 Å². The molecule has 0 aliphatic rings. The van der Waals surface area contributed by atoms with Gasteiger partial charge in [0.2, 0.25) is 0 Å². The Hall–Kier alpha value is -1.12. The van der Waals surface area contributed by atoms with E-state index in [2.05, 4.69) is 17.1 Å². The van der Waals surface area contributed by atoms with Crippen molar-refractivity contribution in [2.24, 2.45) is 0 Å². The van der Waals surface area contributed by atoms with Gasteiger partial charge in [0.15, 0.2) is 0 Å². The molecule has 1 heterocycles. The fourth-order valence-electron chi connectivity index (χ4n) is 1.67. The number of hydrogen-bond donors (Lipinski definition) is 1. The highest BCUT2D eigenvalue weighted by molar-refractivity contribution is 5.38. The lowest BCUT2D eigenvalue weighted by molar-refractivity contribution is 0.631. The van der Waals surface area contributed by atoms with Crippen LogP contribution in [0, 0.1) is 6.92 Å². The number of rotatable bonds is 6. The van der Waals surface area contributed by atoms with E-state index in [4.69, 9.17) is 5.73 Å². The smallest absolute Gasteiger partial charge is 0.149 e. The Labute approximate surface area is 92.1 Å². The Morgan fingerprint density at radius 2 is 1.87 bits per heavy atom. The highest BCUT2D eigenvalue weighted by atomic mass is 15.1. The monoisotopic (exact) mass is 207 g/mol. The fourth-order valence-corrected chi connectivity index (χ4v) is 1.67. The number of aryl methyl sites for hydroxylation is 2. The minimum atomic E-state index is 0.594. The molecule has 3 heteroatoms. The summed E-state index contributed by atoms with van der Waals surface area (Å²) in [7, 11) is 0. The van der Waals surface area contributed by atoms with Crippen LogP contribution >= 0.6 is 0 Å². The SMILES string of the molecule is CCCCCCCc1cc(C)nnc1N. The summed E-state index contributed by atoms with van der Waals surface area (Å²) < 4.78 is 0. The van der Waals surface area contributed by atoms with E-state index < -0.39 is 0 Å². The summed E-state index contributed by atoms with van der Waals surface area (Å²) in [6.45, 7) is 4.18. The molecule has 0 unspecified atom stereocenters. The number of aromatic nitrogens is 2. The first-order valence-corrected chi connectivity index (χ1v) is 5.82. The molecular formula is C12H21N3. The van der Waals surface area contributed by atoms with Crippen molar-refractivity contribution in [1.29, 1.82) is 0 Å². The van der Waals surface area contributed by atoms with E-state index in [1.165, 1.54) is 32.1 Å². The first kappa shape index (κ1) is 12.0. The molecule has 15 heavy (non-hydrogen) atoms. The summed E-state index contributed by atoms with van der Waals surface area (Å²) in [6, 6.07) is 2.04. The third-order valence-corrected chi connectivity index (χ3v) is 2.58. The maximum Gasteiger partial charge on any atom is 0.149 e. The predicted octanol–water partition coefficient (Wildman–Crippen LogP) is 2.88. The van der Waals surface area contributed by atoms with E-state index in [9.17, 15) is 0 Å². The molecule has 0 amide bonds. The van der Waals surface area contributed by atoms with Gasteiger partial charge >= 0.3 is 0 Å². The second kappa shape index (κ2) is 6.38. The molecule has 0 radical (unpaired) electrons. The number of unbranched alkanes of at least 4 members (excludes halogenated alkanes) is 4. The van der Waals surface area contributed by atoms with Gasteiger partial charge in [-0.05, 0) is 31.4 Å². The van der Waals surface area contributed by atoms with Crippen molar-refractivity contribution < 1.29 is 0 Å². The zero-order chi connectivity index (χ0) is 11.1. The maximum atomic E-state index is 5.76. The van der Waals surface area contributed by atoms with Gasteiger partial charge in [-0.1, -0.05) is 32.6 Å². The van der Waals surface area contributed by atoms with E-state index in [-0.39, 0.29) is 0 Å². The van der Waals surface area contributed by atoms with Crippen molar-refractivity contribution in [3.63, 3.8) is 0 Å². The summed E-state index contributed by atoms with van der Waals surface area (Å²) in [6.07, 6.45) is 7.48. The maximum absolute atomic E-state index is 5.76. The summed E-state index contributed by atoms with van der Waals surface area (Å²) in [5.74, 6) is 0.594. The molecule has 0 fully saturated rings. The van der Waals surface area contributed by atoms with Gasteiger partial charge in [-0.15, -0.1) is 5.10 Å². The molecule has 0 spiro atoms. The molecule has 0 aliphatic heterocycles. The number of nitrogens with two attached hydrogens (primary N) is 1. The average Bonchev–Trinajstić information content (AvgIpc) is 2.23. The van der Waals surface area contributed by atoms with Gasteiger partial charge in [0.05, 0.1) is 5.69 Å². The Bertz CT molecular complexity index is 297. The molecular weight excluding hydrogens is 186 g/mol. The molecule has 0 saturated carbocycles. The first-order chi connectivity index (χ1) is 7.24. The van der Waals surface area contributed by atoms with Crippen molar-refractivity contribution in [3.8, 4) is 0 Å². The lowest BCUT2D eigenvalue weighted by Gasteiger charge is -2.04. The van der Waals surface area contributed by atoms with E-state index in [1.54, 1.807) is 0 Å². The lowest BCUT2D eigenvalue weighted by atomic mass is 10.1. The van der Waals surface area contributed by atoms with Gasteiger partial charge in [-0.2, -0.15) is 5.10 Å². The van der Waals surface area contributed by atoms with Crippen LogP contribution in [0.5, 0.6) is 0 Å². The molecule has 2 N–H and O–H groups in total. The molecule has 0 aliphatic carbocycles. The molecule has 0 aromatic carbocycles. The van der Waals surface area contributed by atoms with E-state index >= 15 is 0 Å². The molecule has 0 bridgehead atoms. The third kappa shape index (κ3) is 4.28. The van der Waals surface area contributed by atoms with Crippen LogP contribution in [0.3, 0.4) is 0 Å². The van der Waals surface area contributed by atoms with Crippen molar-refractivity contribution in [1.82, 2.24) is 10.2 Å². The molecule has 1 aromatic rings. The van der Waals surface area contributed by atoms with E-state index in [0.29, 0.717) is 5.82 Å². The number of anilines is 1. The number of hydrogen-bond acceptors (Lipinski definition) is 3. The van der Waals surface area contributed by atoms with Crippen LogP contribution in [0.2, 0.25) is 0 Å². The van der Waals surface area contributed by atoms with Crippen LogP contribution in [0.4, 0.5) is 5.82 Å². The van der Waals surface area contributed by atoms with Gasteiger partial charge in [-0.25, -0.2) is 0 Å². The number of nitrogen functional groups attached to an aromatic ring is 1. The minimum Gasteiger partial charge on any atom is -0.382 e. The predicted molar refractivity (Wildman–Crippen MR) is 63.6 cm³/mol. The molecule has 0 atom stereocenters. The summed E-state index contributed by atoms with van der Waals surface area (Å²) in [5, 5.41) is 7.84. The Kier molecular flexibility index (Phi) is 5.08. The van der Waals surface area contributed by atoms with E-state index in [0.717, 1.165) is 17.7 Å². The van der Waals surface area contributed by atoms with Crippen LogP contribution in [0.15, 0.2) is 6.07 Å². The minimum absolute atomic E-state index is 0.594. The summed E-state index contributed by atoms with van der Waals surface area (Å²) >= 11 is 0. The summed E-state index contributed by atoms with van der Waals surface area (Å²) in [4.78, 5) is 0. The van der Waals surface area contributed by atoms with Gasteiger partial charge in [0.25, 0.3) is 0 Å². The van der Waals surface area contributed by atoms with Crippen LogP contribution in [-0.2, 0) is 6.42 Å². The van der Waals surface area contributed by atoms with Crippen LogP contribution in [0.1, 0.15) is 50.3 Å². The van der Waals surface area contributed by atoms with Crippen LogP contribution < -0.4 is 5.73 Å². The topological polar surface area (TPSA) is 51.8 Å². The Morgan fingerprint density at radius 1 is 1.13 bits per heavy atom. The van der Waals surface area contributed by atoms with Gasteiger partial charge in [0.1, 0.15) is 5.82 Å². The normalized spacial score (nSPS) is 10.5. The quantitative estimate of drug-likeness (QED) is 0.730. The zero-order valence-electron chi connectivity index (χ0n) is 9.79. The molecule has 3 nitrogen and oxygen atoms in total. The molecule has 84 valence electrons. The summed E-state index contributed by atoms with van der Waals surface area (Å²) in [5.41, 5.74) is 7.86. The van der Waals surface area contributed by atoms with Gasteiger partial charge < -0.3 is 5.73 Å². The number of nitrogens with zero attached hydrogens (tertiary/aromatic N) is 2. The average molecular weight is 207 g/mol. The Morgan fingerprint density at radius 3 is 2.60 bits per heavy atom. The van der Waals surface area contributed by atoms with Crippen molar-refractivity contribution >= 4 is 5.82 Å². The zero-order valence-corrected chi connectivity index (χ0v) is 9.79. The third-order valence-electron chi connectivity index (χ3n) is 2.58. The largest absolute Gasteiger partial charge is 0.382 e. The highest BCUT2D eigenvalue weighted by Gasteiger charge is 2.01. The molecule has 1 aromatic heterocycles. The molecule has 0 saturated heterocycles. The second-order valence-electron chi connectivity index (χ2n) is 4.06. The fraction of sp³-hybridized carbons (Fsp3) is 0.667. The lowest BCUT2D eigenvalue weighted by Crippen LogP contribution is -2.01.